The van der Waals surface area contributed by atoms with Crippen LogP contribution in [-0.2, 0) is 6.54 Å². The number of benzene rings is 1. The van der Waals surface area contributed by atoms with Crippen molar-refractivity contribution in [3.8, 4) is 5.75 Å². The highest BCUT2D eigenvalue weighted by Gasteiger charge is 2.04. The van der Waals surface area contributed by atoms with Crippen LogP contribution in [0, 0.1) is 0 Å². The summed E-state index contributed by atoms with van der Waals surface area (Å²) in [6, 6.07) is 7.26. The zero-order valence-corrected chi connectivity index (χ0v) is 10.9. The summed E-state index contributed by atoms with van der Waals surface area (Å²) in [5, 5.41) is 14.0. The van der Waals surface area contributed by atoms with Gasteiger partial charge in [-0.25, -0.2) is 4.79 Å². The Bertz CT molecular complexity index is 407. The van der Waals surface area contributed by atoms with E-state index in [0.29, 0.717) is 26.1 Å². The number of aliphatic hydroxyl groups is 1. The minimum atomic E-state index is -0.257. The maximum Gasteiger partial charge on any atom is 0.315 e. The monoisotopic (exact) mass is 264 g/mol. The summed E-state index contributed by atoms with van der Waals surface area (Å²) in [6.45, 7) is 4.94. The molecule has 1 rings (SSSR count). The molecule has 0 aliphatic heterocycles. The largest absolute Gasteiger partial charge is 0.489 e. The van der Waals surface area contributed by atoms with Gasteiger partial charge in [0.1, 0.15) is 12.4 Å². The predicted molar refractivity (Wildman–Crippen MR) is 74.1 cm³/mol. The Hall–Kier alpha value is -2.01. The number of carbonyl (C=O) groups excluding carboxylic acids is 1. The maximum atomic E-state index is 11.5. The van der Waals surface area contributed by atoms with E-state index in [1.807, 2.05) is 24.3 Å². The lowest BCUT2D eigenvalue weighted by Crippen LogP contribution is -2.35. The van der Waals surface area contributed by atoms with Crippen molar-refractivity contribution in [2.45, 2.75) is 13.0 Å². The van der Waals surface area contributed by atoms with E-state index in [9.17, 15) is 4.79 Å². The first-order chi connectivity index (χ1) is 9.27. The van der Waals surface area contributed by atoms with Gasteiger partial charge in [-0.3, -0.25) is 0 Å². The number of hydrogen-bond donors (Lipinski definition) is 3. The van der Waals surface area contributed by atoms with Crippen molar-refractivity contribution in [2.24, 2.45) is 0 Å². The molecule has 0 saturated heterocycles. The lowest BCUT2D eigenvalue weighted by atomic mass is 10.2. The molecule has 0 fully saturated rings. The number of hydrogen-bond acceptors (Lipinski definition) is 3. The summed E-state index contributed by atoms with van der Waals surface area (Å²) >= 11 is 0. The number of urea groups is 1. The number of nitrogens with one attached hydrogen (secondary N) is 2. The molecule has 0 aromatic heterocycles. The Morgan fingerprint density at radius 2 is 2.16 bits per heavy atom. The first-order valence-electron chi connectivity index (χ1n) is 6.22. The molecule has 5 heteroatoms. The van der Waals surface area contributed by atoms with Crippen molar-refractivity contribution in [3.63, 3.8) is 0 Å². The standard InChI is InChI=1S/C14H20N2O3/c1-2-10-19-13-7-4-3-6-12(13)11-16-14(18)15-8-5-9-17/h2-4,6-7,17H,1,5,8-11H2,(H2,15,16,18). The molecular formula is C14H20N2O3. The number of carbonyl (C=O) groups is 1. The predicted octanol–water partition coefficient (Wildman–Crippen LogP) is 1.43. The molecule has 0 spiro atoms. The maximum absolute atomic E-state index is 11.5. The summed E-state index contributed by atoms with van der Waals surface area (Å²) in [5.74, 6) is 0.734. The number of aliphatic hydroxyl groups excluding tert-OH is 1. The van der Waals surface area contributed by atoms with Gasteiger partial charge < -0.3 is 20.5 Å². The summed E-state index contributed by atoms with van der Waals surface area (Å²) in [6.07, 6.45) is 2.22. The van der Waals surface area contributed by atoms with Crippen molar-refractivity contribution in [1.82, 2.24) is 10.6 Å². The van der Waals surface area contributed by atoms with Gasteiger partial charge in [-0.2, -0.15) is 0 Å². The Balaban J connectivity index is 2.43. The topological polar surface area (TPSA) is 70.6 Å². The molecule has 0 aliphatic carbocycles. The van der Waals surface area contributed by atoms with Crippen LogP contribution in [-0.4, -0.2) is 30.9 Å². The van der Waals surface area contributed by atoms with Gasteiger partial charge in [-0.05, 0) is 12.5 Å². The number of rotatable bonds is 8. The molecule has 0 aliphatic rings. The van der Waals surface area contributed by atoms with Crippen LogP contribution in [0.3, 0.4) is 0 Å². The van der Waals surface area contributed by atoms with Gasteiger partial charge in [0, 0.05) is 25.3 Å². The van der Waals surface area contributed by atoms with Crippen molar-refractivity contribution in [3.05, 3.63) is 42.5 Å². The SMILES string of the molecule is C=CCOc1ccccc1CNC(=O)NCCCO. The van der Waals surface area contributed by atoms with Gasteiger partial charge >= 0.3 is 6.03 Å². The molecule has 19 heavy (non-hydrogen) atoms. The Morgan fingerprint density at radius 1 is 1.37 bits per heavy atom. The Kier molecular flexibility index (Phi) is 7.12. The highest BCUT2D eigenvalue weighted by Crippen LogP contribution is 2.17. The van der Waals surface area contributed by atoms with Crippen LogP contribution in [0.2, 0.25) is 0 Å². The molecule has 3 N–H and O–H groups in total. The number of amides is 2. The molecule has 0 bridgehead atoms. The van der Waals surface area contributed by atoms with Gasteiger partial charge in [0.15, 0.2) is 0 Å². The third-order valence-electron chi connectivity index (χ3n) is 2.39. The Morgan fingerprint density at radius 3 is 2.89 bits per heavy atom. The minimum Gasteiger partial charge on any atom is -0.489 e. The van der Waals surface area contributed by atoms with E-state index in [-0.39, 0.29) is 12.6 Å². The second kappa shape index (κ2) is 8.99. The molecule has 0 unspecified atom stereocenters. The highest BCUT2D eigenvalue weighted by atomic mass is 16.5. The summed E-state index contributed by atoms with van der Waals surface area (Å²) in [5.41, 5.74) is 0.904. The fraction of sp³-hybridized carbons (Fsp3) is 0.357. The second-order valence-electron chi connectivity index (χ2n) is 3.89. The number of ether oxygens (including phenoxy) is 1. The van der Waals surface area contributed by atoms with Crippen LogP contribution in [0.1, 0.15) is 12.0 Å². The van der Waals surface area contributed by atoms with Crippen LogP contribution < -0.4 is 15.4 Å². The molecular weight excluding hydrogens is 244 g/mol. The van der Waals surface area contributed by atoms with Gasteiger partial charge in [0.25, 0.3) is 0 Å². The average molecular weight is 264 g/mol. The van der Waals surface area contributed by atoms with Crippen molar-refractivity contribution in [2.75, 3.05) is 19.8 Å². The molecule has 5 nitrogen and oxygen atoms in total. The lowest BCUT2D eigenvalue weighted by Gasteiger charge is -2.11. The fourth-order valence-corrected chi connectivity index (χ4v) is 1.46. The van der Waals surface area contributed by atoms with Crippen LogP contribution >= 0.6 is 0 Å². The average Bonchev–Trinajstić information content (AvgIpc) is 2.44. The van der Waals surface area contributed by atoms with E-state index in [2.05, 4.69) is 17.2 Å². The highest BCUT2D eigenvalue weighted by molar-refractivity contribution is 5.73. The molecule has 0 heterocycles. The molecule has 1 aromatic carbocycles. The van der Waals surface area contributed by atoms with Crippen molar-refractivity contribution in [1.29, 1.82) is 0 Å². The van der Waals surface area contributed by atoms with Gasteiger partial charge in [-0.15, -0.1) is 0 Å². The molecule has 1 aromatic rings. The van der Waals surface area contributed by atoms with E-state index >= 15 is 0 Å². The number of para-hydroxylation sites is 1. The molecule has 104 valence electrons. The van der Waals surface area contributed by atoms with E-state index in [1.54, 1.807) is 6.08 Å². The first kappa shape index (κ1) is 15.0. The van der Waals surface area contributed by atoms with E-state index in [0.717, 1.165) is 11.3 Å². The summed E-state index contributed by atoms with van der Waals surface area (Å²) in [7, 11) is 0. The lowest BCUT2D eigenvalue weighted by molar-refractivity contribution is 0.237. The fourth-order valence-electron chi connectivity index (χ4n) is 1.46. The zero-order chi connectivity index (χ0) is 13.9. The normalized spacial score (nSPS) is 9.74. The van der Waals surface area contributed by atoms with Gasteiger partial charge in [-0.1, -0.05) is 30.9 Å². The summed E-state index contributed by atoms with van der Waals surface area (Å²) < 4.78 is 5.49. The third kappa shape index (κ3) is 5.92. The van der Waals surface area contributed by atoms with E-state index in [1.165, 1.54) is 0 Å². The smallest absolute Gasteiger partial charge is 0.315 e. The second-order valence-corrected chi connectivity index (χ2v) is 3.89. The van der Waals surface area contributed by atoms with E-state index < -0.39 is 0 Å². The van der Waals surface area contributed by atoms with Crippen molar-refractivity contribution >= 4 is 6.03 Å². The minimum absolute atomic E-state index is 0.0680. The van der Waals surface area contributed by atoms with Gasteiger partial charge in [0.2, 0.25) is 0 Å². The summed E-state index contributed by atoms with van der Waals surface area (Å²) in [4.78, 5) is 11.5. The Labute approximate surface area is 113 Å². The zero-order valence-electron chi connectivity index (χ0n) is 10.9. The first-order valence-corrected chi connectivity index (χ1v) is 6.22. The molecule has 2 amide bonds. The molecule has 0 saturated carbocycles. The molecule has 0 atom stereocenters. The van der Waals surface area contributed by atoms with E-state index in [4.69, 9.17) is 9.84 Å². The quantitative estimate of drug-likeness (QED) is 0.491. The van der Waals surface area contributed by atoms with Crippen LogP contribution in [0.15, 0.2) is 36.9 Å². The van der Waals surface area contributed by atoms with Crippen LogP contribution in [0.25, 0.3) is 0 Å². The van der Waals surface area contributed by atoms with Crippen LogP contribution in [0.4, 0.5) is 4.79 Å². The van der Waals surface area contributed by atoms with Gasteiger partial charge in [0.05, 0.1) is 0 Å². The third-order valence-corrected chi connectivity index (χ3v) is 2.39. The van der Waals surface area contributed by atoms with Crippen LogP contribution in [0.5, 0.6) is 5.75 Å². The molecule has 0 radical (unpaired) electrons. The van der Waals surface area contributed by atoms with Crippen molar-refractivity contribution < 1.29 is 14.6 Å².